The van der Waals surface area contributed by atoms with Crippen LogP contribution >= 0.6 is 11.3 Å². The Balaban J connectivity index is 1.74. The Labute approximate surface area is 180 Å². The molecule has 0 saturated carbocycles. The number of carbonyl (C=O) groups excluding carboxylic acids is 1. The Morgan fingerprint density at radius 2 is 1.83 bits per heavy atom. The molecule has 3 aromatic rings. The van der Waals surface area contributed by atoms with Gasteiger partial charge in [0.05, 0.1) is 5.69 Å². The number of aromatic nitrogens is 1. The first-order valence-electron chi connectivity index (χ1n) is 9.40. The summed E-state index contributed by atoms with van der Waals surface area (Å²) >= 11 is 0.945. The number of hydrogen-bond acceptors (Lipinski definition) is 5. The first kappa shape index (κ1) is 21.9. The average Bonchev–Trinajstić information content (AvgIpc) is 3.16. The first-order valence-corrected chi connectivity index (χ1v) is 11.7. The molecule has 2 aromatic carbocycles. The second kappa shape index (κ2) is 8.95. The molecule has 3 rings (SSSR count). The van der Waals surface area contributed by atoms with Gasteiger partial charge in [-0.15, -0.1) is 0 Å². The van der Waals surface area contributed by atoms with E-state index in [1.165, 1.54) is 17.5 Å². The molecule has 0 fully saturated rings. The van der Waals surface area contributed by atoms with Gasteiger partial charge in [0.15, 0.2) is 9.34 Å². The highest BCUT2D eigenvalue weighted by Crippen LogP contribution is 2.29. The third-order valence-electron chi connectivity index (χ3n) is 4.65. The van der Waals surface area contributed by atoms with Crippen LogP contribution in [0.2, 0.25) is 0 Å². The van der Waals surface area contributed by atoms with Crippen molar-refractivity contribution in [2.45, 2.75) is 24.5 Å². The molecule has 0 radical (unpaired) electrons. The summed E-state index contributed by atoms with van der Waals surface area (Å²) in [7, 11) is -0.725. The van der Waals surface area contributed by atoms with Gasteiger partial charge in [-0.1, -0.05) is 54.7 Å². The van der Waals surface area contributed by atoms with Crippen LogP contribution in [0.15, 0.2) is 52.7 Å². The maximum atomic E-state index is 12.6. The van der Waals surface area contributed by atoms with Gasteiger partial charge in [-0.05, 0) is 49.2 Å². The largest absolute Gasteiger partial charge is 0.327 e. The molecular formula is C21H24N4O3S2. The highest BCUT2D eigenvalue weighted by atomic mass is 32.2. The van der Waals surface area contributed by atoms with Crippen molar-refractivity contribution in [3.8, 4) is 11.1 Å². The zero-order chi connectivity index (χ0) is 21.9. The van der Waals surface area contributed by atoms with E-state index >= 15 is 0 Å². The van der Waals surface area contributed by atoms with Crippen LogP contribution < -0.4 is 14.9 Å². The van der Waals surface area contributed by atoms with Crippen molar-refractivity contribution in [1.29, 1.82) is 0 Å². The minimum atomic E-state index is -3.61. The van der Waals surface area contributed by atoms with E-state index in [1.54, 1.807) is 14.0 Å². The minimum absolute atomic E-state index is 0.0957. The standard InChI is InChI=1S/C21H24N4O3S2/c1-5-15-7-6-8-17(13-15)16-9-11-18(12-10-16)24-20(26)25(4)21-23-14(2)19(29-21)30(27,28)22-3/h6-13,22H,5H2,1-4H3,(H,24,26). The molecular weight excluding hydrogens is 420 g/mol. The van der Waals surface area contributed by atoms with Crippen LogP contribution in [0.25, 0.3) is 11.1 Å². The molecule has 0 atom stereocenters. The predicted molar refractivity (Wildman–Crippen MR) is 122 cm³/mol. The average molecular weight is 445 g/mol. The van der Waals surface area contributed by atoms with E-state index in [9.17, 15) is 13.2 Å². The number of aryl methyl sites for hydroxylation is 2. The summed E-state index contributed by atoms with van der Waals surface area (Å²) in [5.41, 5.74) is 4.45. The summed E-state index contributed by atoms with van der Waals surface area (Å²) in [6.45, 7) is 3.72. The molecule has 1 heterocycles. The summed E-state index contributed by atoms with van der Waals surface area (Å²) in [5.74, 6) is 0. The number of rotatable bonds is 6. The number of nitrogens with zero attached hydrogens (tertiary/aromatic N) is 2. The molecule has 158 valence electrons. The Hall–Kier alpha value is -2.75. The lowest BCUT2D eigenvalue weighted by molar-refractivity contribution is 0.258. The number of carbonyl (C=O) groups is 1. The molecule has 7 nitrogen and oxygen atoms in total. The first-order chi connectivity index (χ1) is 14.2. The number of sulfonamides is 1. The number of nitrogens with one attached hydrogen (secondary N) is 2. The monoisotopic (exact) mass is 444 g/mol. The number of amides is 2. The summed E-state index contributed by atoms with van der Waals surface area (Å²) in [4.78, 5) is 18.1. The van der Waals surface area contributed by atoms with Crippen LogP contribution in [0.4, 0.5) is 15.6 Å². The minimum Gasteiger partial charge on any atom is -0.307 e. The van der Waals surface area contributed by atoms with Crippen molar-refractivity contribution < 1.29 is 13.2 Å². The van der Waals surface area contributed by atoms with E-state index in [0.717, 1.165) is 28.9 Å². The van der Waals surface area contributed by atoms with Crippen molar-refractivity contribution in [1.82, 2.24) is 9.71 Å². The second-order valence-electron chi connectivity index (χ2n) is 6.70. The number of hydrogen-bond donors (Lipinski definition) is 2. The lowest BCUT2D eigenvalue weighted by Gasteiger charge is -2.15. The lowest BCUT2D eigenvalue weighted by atomic mass is 10.0. The van der Waals surface area contributed by atoms with E-state index in [2.05, 4.69) is 40.1 Å². The number of benzene rings is 2. The van der Waals surface area contributed by atoms with E-state index in [-0.39, 0.29) is 4.21 Å². The van der Waals surface area contributed by atoms with Crippen LogP contribution in [0, 0.1) is 6.92 Å². The number of urea groups is 1. The molecule has 0 aliphatic rings. The normalized spacial score (nSPS) is 11.3. The third-order valence-corrected chi connectivity index (χ3v) is 7.91. The lowest BCUT2D eigenvalue weighted by Crippen LogP contribution is -2.31. The van der Waals surface area contributed by atoms with Crippen molar-refractivity contribution in [2.75, 3.05) is 24.3 Å². The van der Waals surface area contributed by atoms with Crippen molar-refractivity contribution in [3.63, 3.8) is 0 Å². The van der Waals surface area contributed by atoms with Crippen LogP contribution in [0.5, 0.6) is 0 Å². The Kier molecular flexibility index (Phi) is 6.55. The smallest absolute Gasteiger partial charge is 0.307 e. The summed E-state index contributed by atoms with van der Waals surface area (Å²) in [6, 6.07) is 15.5. The highest BCUT2D eigenvalue weighted by Gasteiger charge is 2.23. The van der Waals surface area contributed by atoms with Crippen LogP contribution in [0.1, 0.15) is 18.2 Å². The summed E-state index contributed by atoms with van der Waals surface area (Å²) < 4.78 is 26.5. The maximum Gasteiger partial charge on any atom is 0.327 e. The number of anilines is 2. The quantitative estimate of drug-likeness (QED) is 0.594. The molecule has 2 N–H and O–H groups in total. The number of thiazole rings is 1. The van der Waals surface area contributed by atoms with Gasteiger partial charge in [0, 0.05) is 12.7 Å². The molecule has 1 aromatic heterocycles. The molecule has 0 aliphatic carbocycles. The Morgan fingerprint density at radius 3 is 2.47 bits per heavy atom. The SMILES string of the molecule is CCc1cccc(-c2ccc(NC(=O)N(C)c3nc(C)c(S(=O)(=O)NC)s3)cc2)c1. The fourth-order valence-corrected chi connectivity index (χ4v) is 5.16. The third kappa shape index (κ3) is 4.69. The summed E-state index contributed by atoms with van der Waals surface area (Å²) in [5, 5.41) is 3.11. The molecule has 30 heavy (non-hydrogen) atoms. The van der Waals surface area contributed by atoms with Gasteiger partial charge in [0.2, 0.25) is 0 Å². The van der Waals surface area contributed by atoms with Crippen molar-refractivity contribution >= 4 is 38.2 Å². The fourth-order valence-electron chi connectivity index (χ4n) is 2.87. The van der Waals surface area contributed by atoms with Gasteiger partial charge >= 0.3 is 6.03 Å². The van der Waals surface area contributed by atoms with Gasteiger partial charge < -0.3 is 5.32 Å². The zero-order valence-corrected chi connectivity index (χ0v) is 18.9. The van der Waals surface area contributed by atoms with E-state index in [4.69, 9.17) is 0 Å². The van der Waals surface area contributed by atoms with Gasteiger partial charge in [-0.3, -0.25) is 4.90 Å². The van der Waals surface area contributed by atoms with E-state index < -0.39 is 16.1 Å². The van der Waals surface area contributed by atoms with Crippen LogP contribution in [-0.4, -0.2) is 33.5 Å². The molecule has 0 spiro atoms. The van der Waals surface area contributed by atoms with Gasteiger partial charge in [0.1, 0.15) is 0 Å². The van der Waals surface area contributed by atoms with E-state index in [1.807, 2.05) is 30.3 Å². The van der Waals surface area contributed by atoms with Crippen LogP contribution in [0.3, 0.4) is 0 Å². The van der Waals surface area contributed by atoms with Gasteiger partial charge in [-0.2, -0.15) is 0 Å². The molecule has 2 amide bonds. The molecule has 0 saturated heterocycles. The topological polar surface area (TPSA) is 91.4 Å². The Morgan fingerprint density at radius 1 is 1.13 bits per heavy atom. The zero-order valence-electron chi connectivity index (χ0n) is 17.3. The molecule has 0 bridgehead atoms. The molecule has 9 heteroatoms. The maximum absolute atomic E-state index is 12.6. The molecule has 0 unspecified atom stereocenters. The van der Waals surface area contributed by atoms with Gasteiger partial charge in [0.25, 0.3) is 10.0 Å². The second-order valence-corrected chi connectivity index (χ2v) is 9.76. The van der Waals surface area contributed by atoms with Crippen molar-refractivity contribution in [3.05, 3.63) is 59.8 Å². The van der Waals surface area contributed by atoms with Crippen molar-refractivity contribution in [2.24, 2.45) is 0 Å². The van der Waals surface area contributed by atoms with Gasteiger partial charge in [-0.25, -0.2) is 22.9 Å². The molecule has 0 aliphatic heterocycles. The van der Waals surface area contributed by atoms with Crippen LogP contribution in [-0.2, 0) is 16.4 Å². The fraction of sp³-hybridized carbons (Fsp3) is 0.238. The highest BCUT2D eigenvalue weighted by molar-refractivity contribution is 7.91. The Bertz CT molecular complexity index is 1160. The summed E-state index contributed by atoms with van der Waals surface area (Å²) in [6.07, 6.45) is 0.974. The van der Waals surface area contributed by atoms with E-state index in [0.29, 0.717) is 16.5 Å². The predicted octanol–water partition coefficient (Wildman–Crippen LogP) is 4.26.